The van der Waals surface area contributed by atoms with Gasteiger partial charge in [0.25, 0.3) is 5.91 Å². The number of ether oxygens (including phenoxy) is 2. The molecule has 0 spiro atoms. The van der Waals surface area contributed by atoms with Gasteiger partial charge in [-0.1, -0.05) is 34.1 Å². The van der Waals surface area contributed by atoms with Crippen LogP contribution in [-0.4, -0.2) is 30.4 Å². The molecule has 0 aliphatic carbocycles. The van der Waals surface area contributed by atoms with Crippen molar-refractivity contribution in [2.45, 2.75) is 6.61 Å². The number of halogens is 1. The smallest absolute Gasteiger partial charge is 0.316 e. The van der Waals surface area contributed by atoms with Crippen LogP contribution in [0.3, 0.4) is 0 Å². The Bertz CT molecular complexity index is 955. The average Bonchev–Trinajstić information content (AvgIpc) is 3.24. The number of anilines is 2. The second-order valence-electron chi connectivity index (χ2n) is 6.15. The number of para-hydroxylation sites is 1. The first kappa shape index (κ1) is 17.6. The highest BCUT2D eigenvalue weighted by Gasteiger charge is 2.32. The van der Waals surface area contributed by atoms with Gasteiger partial charge in [0.2, 0.25) is 0 Å². The molecule has 0 saturated carbocycles. The van der Waals surface area contributed by atoms with Crippen molar-refractivity contribution < 1.29 is 19.1 Å². The molecule has 2 N–H and O–H groups in total. The minimum atomic E-state index is -0.287. The van der Waals surface area contributed by atoms with Crippen molar-refractivity contribution in [3.05, 3.63) is 59.2 Å². The van der Waals surface area contributed by atoms with Crippen molar-refractivity contribution in [2.24, 2.45) is 0 Å². The van der Waals surface area contributed by atoms with Gasteiger partial charge in [-0.05, 0) is 24.3 Å². The number of hydrogen-bond donors (Lipinski definition) is 2. The SMILES string of the molecule is O=C(CBr)OCCNc1ccc2c(c1)COC2=C1C(=O)Nc2ccccc21. The molecule has 138 valence electrons. The fraction of sp³-hybridized carbons (Fsp3) is 0.200. The van der Waals surface area contributed by atoms with Crippen molar-refractivity contribution in [3.63, 3.8) is 0 Å². The van der Waals surface area contributed by atoms with E-state index < -0.39 is 0 Å². The molecule has 2 aromatic rings. The highest BCUT2D eigenvalue weighted by Crippen LogP contribution is 2.41. The minimum Gasteiger partial charge on any atom is -0.487 e. The molecule has 1 amide bonds. The van der Waals surface area contributed by atoms with Crippen LogP contribution in [-0.2, 0) is 25.7 Å². The Labute approximate surface area is 164 Å². The summed E-state index contributed by atoms with van der Waals surface area (Å²) in [7, 11) is 0. The fourth-order valence-electron chi connectivity index (χ4n) is 3.22. The first-order chi connectivity index (χ1) is 13.2. The molecule has 6 nitrogen and oxygen atoms in total. The number of alkyl halides is 1. The van der Waals surface area contributed by atoms with Gasteiger partial charge in [0.1, 0.15) is 24.3 Å². The van der Waals surface area contributed by atoms with Crippen LogP contribution in [0.15, 0.2) is 42.5 Å². The Kier molecular flexibility index (Phi) is 4.85. The lowest BCUT2D eigenvalue weighted by atomic mass is 10.0. The second-order valence-corrected chi connectivity index (χ2v) is 6.71. The van der Waals surface area contributed by atoms with E-state index in [1.807, 2.05) is 42.5 Å². The Morgan fingerprint density at radius 1 is 1.22 bits per heavy atom. The predicted molar refractivity (Wildman–Crippen MR) is 106 cm³/mol. The monoisotopic (exact) mass is 428 g/mol. The highest BCUT2D eigenvalue weighted by atomic mass is 79.9. The fourth-order valence-corrected chi connectivity index (χ4v) is 3.38. The highest BCUT2D eigenvalue weighted by molar-refractivity contribution is 9.09. The van der Waals surface area contributed by atoms with E-state index in [0.29, 0.717) is 31.1 Å². The number of carbonyl (C=O) groups is 2. The van der Waals surface area contributed by atoms with Crippen LogP contribution in [0.4, 0.5) is 11.4 Å². The molecule has 0 aromatic heterocycles. The topological polar surface area (TPSA) is 76.7 Å². The zero-order valence-corrected chi connectivity index (χ0v) is 16.0. The van der Waals surface area contributed by atoms with Gasteiger partial charge in [-0.3, -0.25) is 9.59 Å². The van der Waals surface area contributed by atoms with Crippen molar-refractivity contribution in [1.82, 2.24) is 0 Å². The standard InChI is InChI=1S/C20H17BrN2O4/c21-10-17(24)26-8-7-22-13-5-6-14-12(9-13)11-27-19(14)18-15-3-1-2-4-16(15)23-20(18)25/h1-6,9,22H,7-8,10-11H2,(H,23,25). The predicted octanol–water partition coefficient (Wildman–Crippen LogP) is 3.39. The lowest BCUT2D eigenvalue weighted by Crippen LogP contribution is -2.14. The van der Waals surface area contributed by atoms with Crippen LogP contribution in [0.2, 0.25) is 0 Å². The summed E-state index contributed by atoms with van der Waals surface area (Å²) in [5.74, 6) is 0.186. The molecule has 4 rings (SSSR count). The Morgan fingerprint density at radius 3 is 2.93 bits per heavy atom. The summed E-state index contributed by atoms with van der Waals surface area (Å²) in [5, 5.41) is 6.29. The number of nitrogens with one attached hydrogen (secondary N) is 2. The Balaban J connectivity index is 1.54. The average molecular weight is 429 g/mol. The third-order valence-corrected chi connectivity index (χ3v) is 4.88. The molecule has 0 fully saturated rings. The van der Waals surface area contributed by atoms with Crippen LogP contribution >= 0.6 is 15.9 Å². The normalized spacial score (nSPS) is 17.0. The summed E-state index contributed by atoms with van der Waals surface area (Å²) < 4.78 is 10.9. The Hall–Kier alpha value is -2.80. The van der Waals surface area contributed by atoms with E-state index in [1.165, 1.54) is 0 Å². The number of amides is 1. The van der Waals surface area contributed by atoms with E-state index in [4.69, 9.17) is 9.47 Å². The van der Waals surface area contributed by atoms with Gasteiger partial charge in [-0.25, -0.2) is 0 Å². The van der Waals surface area contributed by atoms with E-state index >= 15 is 0 Å². The van der Waals surface area contributed by atoms with Gasteiger partial charge in [-0.15, -0.1) is 0 Å². The number of carbonyl (C=O) groups excluding carboxylic acids is 2. The summed E-state index contributed by atoms with van der Waals surface area (Å²) in [4.78, 5) is 23.5. The third-order valence-electron chi connectivity index (χ3n) is 4.42. The van der Waals surface area contributed by atoms with Gasteiger partial charge < -0.3 is 20.1 Å². The van der Waals surface area contributed by atoms with Crippen LogP contribution < -0.4 is 10.6 Å². The number of hydrogen-bond acceptors (Lipinski definition) is 5. The molecular formula is C20H17BrN2O4. The molecule has 2 aromatic carbocycles. The second kappa shape index (κ2) is 7.44. The zero-order valence-electron chi connectivity index (χ0n) is 14.4. The maximum atomic E-state index is 12.4. The van der Waals surface area contributed by atoms with Crippen molar-refractivity contribution in [1.29, 1.82) is 0 Å². The molecule has 2 aliphatic heterocycles. The lowest BCUT2D eigenvalue weighted by molar-refractivity contribution is -0.139. The van der Waals surface area contributed by atoms with Crippen LogP contribution in [0.5, 0.6) is 0 Å². The third kappa shape index (κ3) is 3.42. The summed E-state index contributed by atoms with van der Waals surface area (Å²) >= 11 is 3.05. The van der Waals surface area contributed by atoms with Gasteiger partial charge in [-0.2, -0.15) is 0 Å². The first-order valence-corrected chi connectivity index (χ1v) is 9.66. The summed E-state index contributed by atoms with van der Waals surface area (Å²) in [6.45, 7) is 1.23. The van der Waals surface area contributed by atoms with E-state index in [-0.39, 0.29) is 17.2 Å². The van der Waals surface area contributed by atoms with Crippen LogP contribution in [0.1, 0.15) is 16.7 Å². The molecule has 0 atom stereocenters. The molecule has 0 radical (unpaired) electrons. The van der Waals surface area contributed by atoms with Crippen molar-refractivity contribution >= 4 is 50.5 Å². The molecule has 27 heavy (non-hydrogen) atoms. The number of rotatable bonds is 5. The summed E-state index contributed by atoms with van der Waals surface area (Å²) in [5.41, 5.74) is 5.09. The van der Waals surface area contributed by atoms with E-state index in [0.717, 1.165) is 28.1 Å². The van der Waals surface area contributed by atoms with Crippen LogP contribution in [0, 0.1) is 0 Å². The van der Waals surface area contributed by atoms with Crippen molar-refractivity contribution in [2.75, 3.05) is 29.1 Å². The van der Waals surface area contributed by atoms with E-state index in [1.54, 1.807) is 0 Å². The van der Waals surface area contributed by atoms with Crippen LogP contribution in [0.25, 0.3) is 11.3 Å². The number of fused-ring (bicyclic) bond motifs is 2. The molecule has 7 heteroatoms. The first-order valence-electron chi connectivity index (χ1n) is 8.54. The maximum Gasteiger partial charge on any atom is 0.316 e. The molecule has 0 unspecified atom stereocenters. The maximum absolute atomic E-state index is 12.4. The quantitative estimate of drug-likeness (QED) is 0.330. The molecule has 0 bridgehead atoms. The van der Waals surface area contributed by atoms with Gasteiger partial charge in [0.05, 0.1) is 5.57 Å². The number of esters is 1. The van der Waals surface area contributed by atoms with Gasteiger partial charge >= 0.3 is 5.97 Å². The molecule has 0 saturated heterocycles. The Morgan fingerprint density at radius 2 is 2.07 bits per heavy atom. The molecular weight excluding hydrogens is 412 g/mol. The summed E-state index contributed by atoms with van der Waals surface area (Å²) in [6, 6.07) is 13.5. The lowest BCUT2D eigenvalue weighted by Gasteiger charge is -2.08. The van der Waals surface area contributed by atoms with E-state index in [9.17, 15) is 9.59 Å². The largest absolute Gasteiger partial charge is 0.487 e. The van der Waals surface area contributed by atoms with E-state index in [2.05, 4.69) is 26.6 Å². The minimum absolute atomic E-state index is 0.144. The van der Waals surface area contributed by atoms with Crippen molar-refractivity contribution in [3.8, 4) is 0 Å². The zero-order chi connectivity index (χ0) is 18.8. The molecule has 2 heterocycles. The van der Waals surface area contributed by atoms with Gasteiger partial charge in [0, 0.05) is 34.6 Å². The number of benzene rings is 2. The molecule has 2 aliphatic rings. The van der Waals surface area contributed by atoms with Gasteiger partial charge in [0.15, 0.2) is 0 Å². The summed E-state index contributed by atoms with van der Waals surface area (Å²) in [6.07, 6.45) is 0.